The highest BCUT2D eigenvalue weighted by Crippen LogP contribution is 2.30. The lowest BCUT2D eigenvalue weighted by Gasteiger charge is -2.13. The number of hydrogen-bond donors (Lipinski definition) is 2. The first kappa shape index (κ1) is 18.2. The Kier molecular flexibility index (Phi) is 6.17. The van der Waals surface area contributed by atoms with Crippen LogP contribution >= 0.6 is 11.6 Å². The van der Waals surface area contributed by atoms with Crippen molar-refractivity contribution < 1.29 is 4.79 Å². The predicted octanol–water partition coefficient (Wildman–Crippen LogP) is 3.39. The number of amides is 1. The minimum absolute atomic E-state index is 0.173. The molecule has 0 bridgehead atoms. The third-order valence-electron chi connectivity index (χ3n) is 3.54. The molecule has 5 nitrogen and oxygen atoms in total. The molecule has 6 heteroatoms. The Morgan fingerprint density at radius 3 is 2.58 bits per heavy atom. The second-order valence-electron chi connectivity index (χ2n) is 6.05. The fourth-order valence-electron chi connectivity index (χ4n) is 2.30. The van der Waals surface area contributed by atoms with Crippen LogP contribution < -0.4 is 10.6 Å². The average Bonchev–Trinajstić information content (AvgIpc) is 2.51. The van der Waals surface area contributed by atoms with E-state index in [4.69, 9.17) is 11.6 Å². The topological polar surface area (TPSA) is 57.3 Å². The SMILES string of the molecule is Cc1cc(C)c(Nc2ccc(C(=O)NCCN(C)C)nc2)c(Cl)c1. The van der Waals surface area contributed by atoms with Crippen LogP contribution in [-0.4, -0.2) is 43.0 Å². The van der Waals surface area contributed by atoms with Gasteiger partial charge in [-0.3, -0.25) is 4.79 Å². The lowest BCUT2D eigenvalue weighted by atomic mass is 10.1. The number of carbonyl (C=O) groups is 1. The molecular weight excluding hydrogens is 324 g/mol. The molecule has 0 saturated heterocycles. The van der Waals surface area contributed by atoms with Crippen molar-refractivity contribution in [3.05, 3.63) is 52.3 Å². The number of aryl methyl sites for hydroxylation is 2. The first-order chi connectivity index (χ1) is 11.4. The van der Waals surface area contributed by atoms with Crippen LogP contribution in [0.2, 0.25) is 5.02 Å². The summed E-state index contributed by atoms with van der Waals surface area (Å²) in [5, 5.41) is 6.76. The van der Waals surface area contributed by atoms with E-state index < -0.39 is 0 Å². The molecule has 0 fully saturated rings. The van der Waals surface area contributed by atoms with Gasteiger partial charge in [0, 0.05) is 13.1 Å². The van der Waals surface area contributed by atoms with Crippen molar-refractivity contribution in [2.24, 2.45) is 0 Å². The largest absolute Gasteiger partial charge is 0.353 e. The van der Waals surface area contributed by atoms with Crippen molar-refractivity contribution >= 4 is 28.9 Å². The van der Waals surface area contributed by atoms with E-state index >= 15 is 0 Å². The Morgan fingerprint density at radius 1 is 1.25 bits per heavy atom. The summed E-state index contributed by atoms with van der Waals surface area (Å²) in [7, 11) is 3.92. The number of rotatable bonds is 6. The summed E-state index contributed by atoms with van der Waals surface area (Å²) in [5.41, 5.74) is 4.21. The molecule has 0 unspecified atom stereocenters. The maximum absolute atomic E-state index is 12.0. The van der Waals surface area contributed by atoms with Crippen LogP contribution in [0.4, 0.5) is 11.4 Å². The van der Waals surface area contributed by atoms with E-state index in [-0.39, 0.29) is 5.91 Å². The van der Waals surface area contributed by atoms with E-state index in [2.05, 4.69) is 21.7 Å². The molecule has 128 valence electrons. The van der Waals surface area contributed by atoms with Gasteiger partial charge in [0.1, 0.15) is 5.69 Å². The molecule has 2 aromatic rings. The van der Waals surface area contributed by atoms with E-state index in [0.717, 1.165) is 29.0 Å². The maximum atomic E-state index is 12.0. The lowest BCUT2D eigenvalue weighted by Crippen LogP contribution is -2.31. The van der Waals surface area contributed by atoms with Gasteiger partial charge in [0.25, 0.3) is 5.91 Å². The van der Waals surface area contributed by atoms with Gasteiger partial charge < -0.3 is 15.5 Å². The van der Waals surface area contributed by atoms with Gasteiger partial charge in [0.2, 0.25) is 0 Å². The van der Waals surface area contributed by atoms with Crippen LogP contribution in [-0.2, 0) is 0 Å². The minimum atomic E-state index is -0.173. The van der Waals surface area contributed by atoms with Crippen LogP contribution in [0.5, 0.6) is 0 Å². The number of benzene rings is 1. The number of pyridine rings is 1. The molecule has 2 rings (SSSR count). The Bertz CT molecular complexity index is 690. The van der Waals surface area contributed by atoms with Gasteiger partial charge in [0.05, 0.1) is 22.6 Å². The molecule has 1 aromatic carbocycles. The number of carbonyl (C=O) groups excluding carboxylic acids is 1. The zero-order valence-electron chi connectivity index (χ0n) is 14.5. The second-order valence-corrected chi connectivity index (χ2v) is 6.46. The zero-order valence-corrected chi connectivity index (χ0v) is 15.2. The van der Waals surface area contributed by atoms with Gasteiger partial charge in [-0.15, -0.1) is 0 Å². The summed E-state index contributed by atoms with van der Waals surface area (Å²) in [6.45, 7) is 5.39. The van der Waals surface area contributed by atoms with Crippen LogP contribution in [0.1, 0.15) is 21.6 Å². The molecule has 2 N–H and O–H groups in total. The molecule has 0 aliphatic carbocycles. The van der Waals surface area contributed by atoms with Crippen LogP contribution in [0.3, 0.4) is 0 Å². The van der Waals surface area contributed by atoms with Gasteiger partial charge in [-0.2, -0.15) is 0 Å². The Balaban J connectivity index is 2.03. The third-order valence-corrected chi connectivity index (χ3v) is 3.84. The van der Waals surface area contributed by atoms with Crippen LogP contribution in [0.15, 0.2) is 30.5 Å². The highest BCUT2D eigenvalue weighted by Gasteiger charge is 2.09. The van der Waals surface area contributed by atoms with Gasteiger partial charge in [-0.1, -0.05) is 17.7 Å². The normalized spacial score (nSPS) is 10.8. The average molecular weight is 347 g/mol. The van der Waals surface area contributed by atoms with E-state index in [1.54, 1.807) is 12.3 Å². The molecule has 0 spiro atoms. The molecule has 1 aromatic heterocycles. The van der Waals surface area contributed by atoms with Gasteiger partial charge in [-0.25, -0.2) is 4.98 Å². The van der Waals surface area contributed by atoms with Gasteiger partial charge >= 0.3 is 0 Å². The van der Waals surface area contributed by atoms with Crippen molar-refractivity contribution in [1.29, 1.82) is 0 Å². The summed E-state index contributed by atoms with van der Waals surface area (Å²) >= 11 is 6.30. The molecule has 24 heavy (non-hydrogen) atoms. The zero-order chi connectivity index (χ0) is 17.7. The summed E-state index contributed by atoms with van der Waals surface area (Å²) in [5.74, 6) is -0.173. The maximum Gasteiger partial charge on any atom is 0.269 e. The highest BCUT2D eigenvalue weighted by molar-refractivity contribution is 6.33. The number of aromatic nitrogens is 1. The smallest absolute Gasteiger partial charge is 0.269 e. The Morgan fingerprint density at radius 2 is 2.00 bits per heavy atom. The van der Waals surface area contributed by atoms with Crippen molar-refractivity contribution in [2.75, 3.05) is 32.5 Å². The van der Waals surface area contributed by atoms with Gasteiger partial charge in [-0.05, 0) is 57.3 Å². The van der Waals surface area contributed by atoms with E-state index in [0.29, 0.717) is 17.3 Å². The standard InChI is InChI=1S/C18H23ClN4O/c1-12-9-13(2)17(15(19)10-12)22-14-5-6-16(21-11-14)18(24)20-7-8-23(3)4/h5-6,9-11,22H,7-8H2,1-4H3,(H,20,24). The number of hydrogen-bond acceptors (Lipinski definition) is 4. The molecule has 1 heterocycles. The minimum Gasteiger partial charge on any atom is -0.353 e. The molecule has 0 atom stereocenters. The molecule has 1 amide bonds. The third kappa shape index (κ3) is 4.94. The molecule has 0 aliphatic heterocycles. The fourth-order valence-corrected chi connectivity index (χ4v) is 2.67. The Hall–Kier alpha value is -2.11. The fraction of sp³-hybridized carbons (Fsp3) is 0.333. The molecular formula is C18H23ClN4O. The predicted molar refractivity (Wildman–Crippen MR) is 99.3 cm³/mol. The van der Waals surface area contributed by atoms with Crippen molar-refractivity contribution in [1.82, 2.24) is 15.2 Å². The van der Waals surface area contributed by atoms with E-state index in [9.17, 15) is 4.79 Å². The monoisotopic (exact) mass is 346 g/mol. The number of nitrogens with zero attached hydrogens (tertiary/aromatic N) is 2. The molecule has 0 saturated carbocycles. The number of halogens is 1. The second kappa shape index (κ2) is 8.13. The van der Waals surface area contributed by atoms with E-state index in [1.807, 2.05) is 45.0 Å². The van der Waals surface area contributed by atoms with Crippen LogP contribution in [0, 0.1) is 13.8 Å². The summed E-state index contributed by atoms with van der Waals surface area (Å²) < 4.78 is 0. The number of nitrogens with one attached hydrogen (secondary N) is 2. The number of anilines is 2. The Labute approximate surface area is 148 Å². The van der Waals surface area contributed by atoms with E-state index in [1.165, 1.54) is 0 Å². The number of likely N-dealkylation sites (N-methyl/N-ethyl adjacent to an activating group) is 1. The first-order valence-corrected chi connectivity index (χ1v) is 8.17. The first-order valence-electron chi connectivity index (χ1n) is 7.79. The quantitative estimate of drug-likeness (QED) is 0.841. The summed E-state index contributed by atoms with van der Waals surface area (Å²) in [6.07, 6.45) is 1.64. The van der Waals surface area contributed by atoms with Gasteiger partial charge in [0.15, 0.2) is 0 Å². The highest BCUT2D eigenvalue weighted by atomic mass is 35.5. The van der Waals surface area contributed by atoms with Crippen molar-refractivity contribution in [2.45, 2.75) is 13.8 Å². The van der Waals surface area contributed by atoms with Crippen molar-refractivity contribution in [3.8, 4) is 0 Å². The molecule has 0 aliphatic rings. The van der Waals surface area contributed by atoms with Crippen molar-refractivity contribution in [3.63, 3.8) is 0 Å². The summed E-state index contributed by atoms with van der Waals surface area (Å²) in [6, 6.07) is 7.50. The summed E-state index contributed by atoms with van der Waals surface area (Å²) in [4.78, 5) is 18.2. The van der Waals surface area contributed by atoms with Crippen LogP contribution in [0.25, 0.3) is 0 Å². The molecule has 0 radical (unpaired) electrons. The lowest BCUT2D eigenvalue weighted by molar-refractivity contribution is 0.0946.